The van der Waals surface area contributed by atoms with Gasteiger partial charge in [-0.2, -0.15) is 10.2 Å². The highest BCUT2D eigenvalue weighted by Crippen LogP contribution is 2.62. The van der Waals surface area contributed by atoms with Gasteiger partial charge in [-0.3, -0.25) is 14.7 Å². The first-order valence-corrected chi connectivity index (χ1v) is 11.0. The average molecular weight is 425 g/mol. The lowest BCUT2D eigenvalue weighted by Gasteiger charge is -2.57. The third-order valence-electron chi connectivity index (χ3n) is 7.14. The first kappa shape index (κ1) is 19.0. The Labute approximate surface area is 184 Å². The van der Waals surface area contributed by atoms with Crippen molar-refractivity contribution in [3.63, 3.8) is 0 Å². The van der Waals surface area contributed by atoms with Crippen LogP contribution in [0, 0.1) is 5.41 Å². The van der Waals surface area contributed by atoms with Crippen molar-refractivity contribution in [3.05, 3.63) is 82.5 Å². The molecule has 7 nitrogen and oxygen atoms in total. The van der Waals surface area contributed by atoms with Crippen LogP contribution in [0.25, 0.3) is 21.9 Å². The van der Waals surface area contributed by atoms with Gasteiger partial charge in [-0.15, -0.1) is 0 Å². The molecule has 2 aliphatic rings. The quantitative estimate of drug-likeness (QED) is 0.463. The number of H-pyrrole nitrogens is 2. The second-order valence-corrected chi connectivity index (χ2v) is 9.23. The van der Waals surface area contributed by atoms with Gasteiger partial charge in [-0.05, 0) is 54.9 Å². The van der Waals surface area contributed by atoms with E-state index < -0.39 is 0 Å². The first-order valence-electron chi connectivity index (χ1n) is 11.0. The Morgan fingerprint density at radius 3 is 2.44 bits per heavy atom. The number of aromatic nitrogens is 4. The van der Waals surface area contributed by atoms with Gasteiger partial charge in [-0.25, -0.2) is 5.10 Å². The summed E-state index contributed by atoms with van der Waals surface area (Å²) in [4.78, 5) is 24.7. The van der Waals surface area contributed by atoms with Crippen LogP contribution in [-0.2, 0) is 0 Å². The molecule has 2 aliphatic carbocycles. The largest absolute Gasteiger partial charge is 0.349 e. The van der Waals surface area contributed by atoms with Crippen LogP contribution in [-0.4, -0.2) is 32.3 Å². The molecule has 3 N–H and O–H groups in total. The lowest BCUT2D eigenvalue weighted by Crippen LogP contribution is -2.55. The molecule has 1 amide bonds. The number of amides is 1. The summed E-state index contributed by atoms with van der Waals surface area (Å²) in [6.45, 7) is 0. The third kappa shape index (κ3) is 3.12. The van der Waals surface area contributed by atoms with Crippen LogP contribution in [0.15, 0.2) is 65.7 Å². The van der Waals surface area contributed by atoms with Crippen molar-refractivity contribution in [2.24, 2.45) is 5.41 Å². The van der Waals surface area contributed by atoms with Crippen molar-refractivity contribution >= 4 is 16.7 Å². The van der Waals surface area contributed by atoms with Gasteiger partial charge in [-0.1, -0.05) is 30.3 Å². The Kier molecular flexibility index (Phi) is 4.24. The third-order valence-corrected chi connectivity index (χ3v) is 7.14. The predicted octanol–water partition coefficient (Wildman–Crippen LogP) is 3.77. The first-order chi connectivity index (χ1) is 15.6. The number of aromatic amines is 2. The Balaban J connectivity index is 1.07. The predicted molar refractivity (Wildman–Crippen MR) is 121 cm³/mol. The SMILES string of the molecule is O=C(N[C@H]1CC2(C1)C[C@H](c1n[nH]c(=O)c3ccccc31)C2)c1ccc(-c2cn[nH]c2)cc1. The molecule has 4 aromatic rings. The van der Waals surface area contributed by atoms with Crippen LogP contribution >= 0.6 is 0 Å². The second-order valence-electron chi connectivity index (χ2n) is 9.23. The summed E-state index contributed by atoms with van der Waals surface area (Å²) < 4.78 is 0. The Bertz CT molecular complexity index is 1340. The van der Waals surface area contributed by atoms with E-state index in [0.717, 1.165) is 47.9 Å². The number of hydrogen-bond acceptors (Lipinski definition) is 4. The zero-order valence-corrected chi connectivity index (χ0v) is 17.5. The number of rotatable bonds is 4. The van der Waals surface area contributed by atoms with E-state index in [4.69, 9.17) is 0 Å². The van der Waals surface area contributed by atoms with Gasteiger partial charge in [0.25, 0.3) is 11.5 Å². The van der Waals surface area contributed by atoms with Crippen LogP contribution in [0.4, 0.5) is 0 Å². The number of benzene rings is 2. The van der Waals surface area contributed by atoms with Crippen molar-refractivity contribution < 1.29 is 4.79 Å². The molecule has 2 aromatic carbocycles. The van der Waals surface area contributed by atoms with E-state index in [1.165, 1.54) is 0 Å². The normalized spacial score (nSPS) is 24.1. The fourth-order valence-electron chi connectivity index (χ4n) is 5.54. The lowest BCUT2D eigenvalue weighted by molar-refractivity contribution is -0.0196. The highest BCUT2D eigenvalue weighted by molar-refractivity contribution is 5.95. The molecule has 0 saturated heterocycles. The molecule has 0 aliphatic heterocycles. The molecule has 160 valence electrons. The summed E-state index contributed by atoms with van der Waals surface area (Å²) in [5, 5.41) is 18.6. The summed E-state index contributed by atoms with van der Waals surface area (Å²) in [6, 6.07) is 15.5. The van der Waals surface area contributed by atoms with Crippen molar-refractivity contribution in [2.75, 3.05) is 0 Å². The van der Waals surface area contributed by atoms with Crippen LogP contribution in [0.5, 0.6) is 0 Å². The molecule has 7 heteroatoms. The molecule has 2 fully saturated rings. The minimum atomic E-state index is -0.136. The van der Waals surface area contributed by atoms with Crippen LogP contribution in [0.3, 0.4) is 0 Å². The van der Waals surface area contributed by atoms with E-state index in [2.05, 4.69) is 25.7 Å². The van der Waals surface area contributed by atoms with Crippen LogP contribution in [0.2, 0.25) is 0 Å². The summed E-state index contributed by atoms with van der Waals surface area (Å²) in [5.41, 5.74) is 3.86. The zero-order valence-electron chi connectivity index (χ0n) is 17.5. The van der Waals surface area contributed by atoms with Crippen molar-refractivity contribution in [1.29, 1.82) is 0 Å². The molecule has 1 spiro atoms. The van der Waals surface area contributed by atoms with Gasteiger partial charge in [0.1, 0.15) is 0 Å². The fraction of sp³-hybridized carbons (Fsp3) is 0.280. The van der Waals surface area contributed by atoms with Gasteiger partial charge in [0.15, 0.2) is 0 Å². The number of carbonyl (C=O) groups excluding carboxylic acids is 1. The average Bonchev–Trinajstić information content (AvgIpc) is 3.30. The summed E-state index contributed by atoms with van der Waals surface area (Å²) in [6.07, 6.45) is 7.72. The number of hydrogen-bond donors (Lipinski definition) is 3. The molecular weight excluding hydrogens is 402 g/mol. The number of fused-ring (bicyclic) bond motifs is 1. The van der Waals surface area contributed by atoms with E-state index in [1.54, 1.807) is 6.20 Å². The van der Waals surface area contributed by atoms with E-state index in [0.29, 0.717) is 22.3 Å². The van der Waals surface area contributed by atoms with E-state index in [9.17, 15) is 9.59 Å². The van der Waals surface area contributed by atoms with Crippen molar-refractivity contribution in [2.45, 2.75) is 37.6 Å². The Morgan fingerprint density at radius 1 is 0.969 bits per heavy atom. The van der Waals surface area contributed by atoms with E-state index in [1.807, 2.05) is 54.7 Å². The van der Waals surface area contributed by atoms with Crippen LogP contribution in [0.1, 0.15) is 47.7 Å². The van der Waals surface area contributed by atoms with E-state index in [-0.39, 0.29) is 17.5 Å². The van der Waals surface area contributed by atoms with Gasteiger partial charge >= 0.3 is 0 Å². The molecule has 0 atom stereocenters. The molecule has 0 unspecified atom stereocenters. The molecule has 6 rings (SSSR count). The highest BCUT2D eigenvalue weighted by Gasteiger charge is 2.54. The van der Waals surface area contributed by atoms with Crippen LogP contribution < -0.4 is 10.9 Å². The molecular formula is C25H23N5O2. The Morgan fingerprint density at radius 2 is 1.72 bits per heavy atom. The standard InChI is InChI=1S/C25H23N5O2/c31-23(16-7-5-15(6-8-16)18-13-26-27-14-18)28-19-11-25(12-19)9-17(10-25)22-20-3-1-2-4-21(20)24(32)30-29-22/h1-8,13-14,17,19H,9-12H2,(H,26,27)(H,28,31)(H,30,32)/t17-,19-,25?. The smallest absolute Gasteiger partial charge is 0.272 e. The summed E-state index contributed by atoms with van der Waals surface area (Å²) in [5.74, 6) is 0.344. The number of nitrogens with zero attached hydrogens (tertiary/aromatic N) is 2. The minimum Gasteiger partial charge on any atom is -0.349 e. The number of carbonyl (C=O) groups is 1. The summed E-state index contributed by atoms with van der Waals surface area (Å²) >= 11 is 0. The maximum atomic E-state index is 12.7. The second kappa shape index (κ2) is 7.15. The minimum absolute atomic E-state index is 0.0206. The zero-order chi connectivity index (χ0) is 21.7. The van der Waals surface area contributed by atoms with Gasteiger partial charge < -0.3 is 5.32 Å². The highest BCUT2D eigenvalue weighted by atomic mass is 16.1. The van der Waals surface area contributed by atoms with Gasteiger partial charge in [0, 0.05) is 34.7 Å². The maximum absolute atomic E-state index is 12.7. The summed E-state index contributed by atoms with van der Waals surface area (Å²) in [7, 11) is 0. The molecule has 2 saturated carbocycles. The number of nitrogens with one attached hydrogen (secondary N) is 3. The van der Waals surface area contributed by atoms with Gasteiger partial charge in [0.2, 0.25) is 0 Å². The van der Waals surface area contributed by atoms with E-state index >= 15 is 0 Å². The van der Waals surface area contributed by atoms with Crippen molar-refractivity contribution in [1.82, 2.24) is 25.7 Å². The molecule has 2 aromatic heterocycles. The lowest BCUT2D eigenvalue weighted by atomic mass is 9.49. The molecule has 2 heterocycles. The molecule has 0 bridgehead atoms. The Hall–Kier alpha value is -3.74. The van der Waals surface area contributed by atoms with Crippen molar-refractivity contribution in [3.8, 4) is 11.1 Å². The van der Waals surface area contributed by atoms with Gasteiger partial charge in [0.05, 0.1) is 17.3 Å². The fourth-order valence-corrected chi connectivity index (χ4v) is 5.54. The molecule has 0 radical (unpaired) electrons. The maximum Gasteiger partial charge on any atom is 0.272 e. The topological polar surface area (TPSA) is 104 Å². The monoisotopic (exact) mass is 425 g/mol. The molecule has 32 heavy (non-hydrogen) atoms.